The third-order valence-electron chi connectivity index (χ3n) is 7.14. The lowest BCUT2D eigenvalue weighted by Gasteiger charge is -2.17. The lowest BCUT2D eigenvalue weighted by atomic mass is 10.0. The molecule has 0 aliphatic rings. The Morgan fingerprint density at radius 1 is 0.643 bits per heavy atom. The minimum absolute atomic E-state index is 0.0420. The fraction of sp³-hybridized carbons (Fsp3) is 0.771. The summed E-state index contributed by atoms with van der Waals surface area (Å²) in [7, 11) is 0. The highest BCUT2D eigenvalue weighted by molar-refractivity contribution is 5.70. The van der Waals surface area contributed by atoms with Crippen LogP contribution in [0.5, 0.6) is 0 Å². The summed E-state index contributed by atoms with van der Waals surface area (Å²) in [5.41, 5.74) is 0. The van der Waals surface area contributed by atoms with Crippen LogP contribution in [-0.2, 0) is 19.1 Å². The Kier molecular flexibility index (Phi) is 29.1. The molecule has 7 nitrogen and oxygen atoms in total. The topological polar surface area (TPSA) is 113 Å². The standard InChI is InChI=1S/C35H62O7/c1-3-5-7-9-11-13-14-15-17-18-20-22-25-32(37)33(38)26-24-28-35(40)42-31(29-36)30-41-34(39)27-23-21-19-16-12-10-8-6-4-2/h11,13,15,17,20,22,31-33,36-38H,3-10,12,14,16,18-19,21,23-30H2,1-2H3/b13-11-,17-15-,22-20-/t31-,32?,33?/m0/s1. The first-order valence-corrected chi connectivity index (χ1v) is 16.7. The van der Waals surface area contributed by atoms with Gasteiger partial charge in [0.2, 0.25) is 0 Å². The molecule has 2 unspecified atom stereocenters. The van der Waals surface area contributed by atoms with Crippen molar-refractivity contribution in [1.29, 1.82) is 0 Å². The van der Waals surface area contributed by atoms with Crippen molar-refractivity contribution in [3.05, 3.63) is 36.5 Å². The fourth-order valence-electron chi connectivity index (χ4n) is 4.42. The molecule has 0 aliphatic heterocycles. The van der Waals surface area contributed by atoms with Gasteiger partial charge in [-0.15, -0.1) is 0 Å². The number of aliphatic hydroxyl groups excluding tert-OH is 3. The third-order valence-corrected chi connectivity index (χ3v) is 7.14. The number of hydrogen-bond donors (Lipinski definition) is 3. The van der Waals surface area contributed by atoms with Crippen molar-refractivity contribution in [3.8, 4) is 0 Å². The first kappa shape index (κ1) is 40.0. The second-order valence-electron chi connectivity index (χ2n) is 11.2. The molecule has 0 aromatic carbocycles. The maximum absolute atomic E-state index is 12.1. The van der Waals surface area contributed by atoms with Gasteiger partial charge in [-0.05, 0) is 51.4 Å². The molecular formula is C35H62O7. The molecule has 0 rings (SSSR count). The van der Waals surface area contributed by atoms with Gasteiger partial charge in [-0.2, -0.15) is 0 Å². The minimum atomic E-state index is -0.938. The van der Waals surface area contributed by atoms with Crippen molar-refractivity contribution in [2.75, 3.05) is 13.2 Å². The van der Waals surface area contributed by atoms with Gasteiger partial charge in [-0.1, -0.05) is 115 Å². The van der Waals surface area contributed by atoms with Crippen molar-refractivity contribution < 1.29 is 34.4 Å². The summed E-state index contributed by atoms with van der Waals surface area (Å²) in [6.45, 7) is 3.81. The molecule has 0 saturated carbocycles. The molecule has 0 fully saturated rings. The summed E-state index contributed by atoms with van der Waals surface area (Å²) in [4.78, 5) is 24.1. The summed E-state index contributed by atoms with van der Waals surface area (Å²) in [6.07, 6.45) is 28.1. The van der Waals surface area contributed by atoms with Gasteiger partial charge in [-0.3, -0.25) is 9.59 Å². The highest BCUT2D eigenvalue weighted by Crippen LogP contribution is 2.12. The van der Waals surface area contributed by atoms with Gasteiger partial charge in [0.25, 0.3) is 0 Å². The van der Waals surface area contributed by atoms with Crippen molar-refractivity contribution in [3.63, 3.8) is 0 Å². The summed E-state index contributed by atoms with van der Waals surface area (Å²) in [5, 5.41) is 29.8. The van der Waals surface area contributed by atoms with Crippen LogP contribution in [0.15, 0.2) is 36.5 Å². The highest BCUT2D eigenvalue weighted by atomic mass is 16.6. The number of ether oxygens (including phenoxy) is 2. The minimum Gasteiger partial charge on any atom is -0.462 e. The van der Waals surface area contributed by atoms with Crippen LogP contribution in [0.1, 0.15) is 142 Å². The SMILES string of the molecule is CCCCC/C=C\C/C=C\C/C=C\CC(O)C(O)CCCC(=O)O[C@@H](CO)COC(=O)CCCCCCCCCCC. The van der Waals surface area contributed by atoms with Gasteiger partial charge >= 0.3 is 11.9 Å². The first-order valence-electron chi connectivity index (χ1n) is 16.7. The molecule has 3 atom stereocenters. The van der Waals surface area contributed by atoms with Crippen molar-refractivity contribution >= 4 is 11.9 Å². The van der Waals surface area contributed by atoms with E-state index in [2.05, 4.69) is 38.2 Å². The normalized spacial score (nSPS) is 14.1. The van der Waals surface area contributed by atoms with E-state index in [4.69, 9.17) is 9.47 Å². The molecule has 7 heteroatoms. The van der Waals surface area contributed by atoms with Crippen LogP contribution in [0.25, 0.3) is 0 Å². The van der Waals surface area contributed by atoms with Gasteiger partial charge in [0.15, 0.2) is 6.10 Å². The average Bonchev–Trinajstić information content (AvgIpc) is 2.98. The Bertz CT molecular complexity index is 716. The number of rotatable bonds is 29. The lowest BCUT2D eigenvalue weighted by molar-refractivity contribution is -0.161. The molecule has 0 spiro atoms. The van der Waals surface area contributed by atoms with E-state index < -0.39 is 30.9 Å². The van der Waals surface area contributed by atoms with E-state index in [0.717, 1.165) is 38.5 Å². The molecule has 0 heterocycles. The second kappa shape index (κ2) is 30.5. The molecule has 0 aromatic rings. The van der Waals surface area contributed by atoms with Gasteiger partial charge in [-0.25, -0.2) is 0 Å². The Labute approximate surface area is 256 Å². The average molecular weight is 595 g/mol. The smallest absolute Gasteiger partial charge is 0.306 e. The first-order chi connectivity index (χ1) is 20.4. The molecule has 0 aromatic heterocycles. The molecule has 0 amide bonds. The zero-order valence-electron chi connectivity index (χ0n) is 26.7. The van der Waals surface area contributed by atoms with Crippen molar-refractivity contribution in [2.45, 2.75) is 161 Å². The number of unbranched alkanes of at least 4 members (excludes halogenated alkanes) is 11. The molecule has 42 heavy (non-hydrogen) atoms. The van der Waals surface area contributed by atoms with Crippen LogP contribution in [-0.4, -0.2) is 58.8 Å². The second-order valence-corrected chi connectivity index (χ2v) is 11.2. The van der Waals surface area contributed by atoms with E-state index >= 15 is 0 Å². The predicted molar refractivity (Wildman–Crippen MR) is 171 cm³/mol. The van der Waals surface area contributed by atoms with Gasteiger partial charge in [0.1, 0.15) is 6.61 Å². The maximum atomic E-state index is 12.1. The Hall–Kier alpha value is -1.96. The maximum Gasteiger partial charge on any atom is 0.306 e. The van der Waals surface area contributed by atoms with Crippen LogP contribution in [0.4, 0.5) is 0 Å². The molecule has 0 bridgehead atoms. The van der Waals surface area contributed by atoms with E-state index in [1.807, 2.05) is 12.2 Å². The van der Waals surface area contributed by atoms with Crippen LogP contribution < -0.4 is 0 Å². The third kappa shape index (κ3) is 26.9. The van der Waals surface area contributed by atoms with E-state index in [9.17, 15) is 24.9 Å². The van der Waals surface area contributed by atoms with Gasteiger partial charge in [0.05, 0.1) is 18.8 Å². The van der Waals surface area contributed by atoms with Crippen molar-refractivity contribution in [2.24, 2.45) is 0 Å². The Morgan fingerprint density at radius 2 is 1.19 bits per heavy atom. The molecule has 0 aliphatic carbocycles. The molecule has 0 radical (unpaired) electrons. The van der Waals surface area contributed by atoms with Crippen molar-refractivity contribution in [1.82, 2.24) is 0 Å². The van der Waals surface area contributed by atoms with Gasteiger partial charge in [0, 0.05) is 12.8 Å². The molecule has 3 N–H and O–H groups in total. The molecule has 0 saturated heterocycles. The Balaban J connectivity index is 3.91. The largest absolute Gasteiger partial charge is 0.462 e. The van der Waals surface area contributed by atoms with Crippen LogP contribution in [0.3, 0.4) is 0 Å². The zero-order chi connectivity index (χ0) is 31.1. The number of aliphatic hydroxyl groups is 3. The quantitative estimate of drug-likeness (QED) is 0.0463. The lowest BCUT2D eigenvalue weighted by Crippen LogP contribution is -2.29. The summed E-state index contributed by atoms with van der Waals surface area (Å²) >= 11 is 0. The number of carbonyl (C=O) groups excluding carboxylic acids is 2. The van der Waals surface area contributed by atoms with Crippen LogP contribution in [0, 0.1) is 0 Å². The number of carbonyl (C=O) groups is 2. The highest BCUT2D eigenvalue weighted by Gasteiger charge is 2.18. The van der Waals surface area contributed by atoms with E-state index in [1.54, 1.807) is 0 Å². The van der Waals surface area contributed by atoms with E-state index in [0.29, 0.717) is 19.3 Å². The van der Waals surface area contributed by atoms with Crippen LogP contribution in [0.2, 0.25) is 0 Å². The van der Waals surface area contributed by atoms with E-state index in [-0.39, 0.29) is 25.4 Å². The van der Waals surface area contributed by atoms with E-state index in [1.165, 1.54) is 57.8 Å². The monoisotopic (exact) mass is 594 g/mol. The predicted octanol–water partition coefficient (Wildman–Crippen LogP) is 7.67. The number of esters is 2. The molecular weight excluding hydrogens is 532 g/mol. The summed E-state index contributed by atoms with van der Waals surface area (Å²) < 4.78 is 10.4. The zero-order valence-corrected chi connectivity index (χ0v) is 26.7. The Morgan fingerprint density at radius 3 is 1.83 bits per heavy atom. The number of allylic oxidation sites excluding steroid dienone is 5. The summed E-state index contributed by atoms with van der Waals surface area (Å²) in [6, 6.07) is 0. The fourth-order valence-corrected chi connectivity index (χ4v) is 4.42. The molecule has 244 valence electrons. The number of hydrogen-bond acceptors (Lipinski definition) is 7. The van der Waals surface area contributed by atoms with Crippen LogP contribution >= 0.6 is 0 Å². The van der Waals surface area contributed by atoms with Gasteiger partial charge < -0.3 is 24.8 Å². The summed E-state index contributed by atoms with van der Waals surface area (Å²) in [5.74, 6) is -0.881.